The molecule has 2 aliphatic carbocycles. The molecule has 0 spiro atoms. The molecule has 26 heavy (non-hydrogen) atoms. The van der Waals surface area contributed by atoms with E-state index in [9.17, 15) is 9.59 Å². The normalized spacial score (nSPS) is 28.5. The maximum absolute atomic E-state index is 13.0. The van der Waals surface area contributed by atoms with E-state index < -0.39 is 5.91 Å². The Morgan fingerprint density at radius 1 is 1.12 bits per heavy atom. The van der Waals surface area contributed by atoms with Crippen molar-refractivity contribution >= 4 is 11.8 Å². The zero-order chi connectivity index (χ0) is 18.5. The number of carbonyl (C=O) groups excluding carboxylic acids is 2. The molecule has 1 aromatic carbocycles. The number of primary amides is 1. The van der Waals surface area contributed by atoms with Crippen molar-refractivity contribution in [2.75, 3.05) is 19.6 Å². The fourth-order valence-electron chi connectivity index (χ4n) is 4.70. The van der Waals surface area contributed by atoms with Crippen molar-refractivity contribution in [3.63, 3.8) is 0 Å². The second kappa shape index (κ2) is 6.38. The molecule has 2 saturated carbocycles. The van der Waals surface area contributed by atoms with Crippen LogP contribution in [0.2, 0.25) is 0 Å². The maximum Gasteiger partial charge on any atom is 0.248 e. The Morgan fingerprint density at radius 2 is 1.81 bits per heavy atom. The van der Waals surface area contributed by atoms with E-state index in [2.05, 4.69) is 23.6 Å². The number of benzene rings is 1. The third kappa shape index (κ3) is 3.13. The molecule has 1 aromatic rings. The Balaban J connectivity index is 1.37. The molecule has 2 N–H and O–H groups in total. The van der Waals surface area contributed by atoms with Crippen molar-refractivity contribution in [2.45, 2.75) is 57.0 Å². The minimum Gasteiger partial charge on any atom is -0.366 e. The average molecular weight is 355 g/mol. The van der Waals surface area contributed by atoms with Crippen LogP contribution >= 0.6 is 0 Å². The van der Waals surface area contributed by atoms with Crippen molar-refractivity contribution in [3.8, 4) is 0 Å². The van der Waals surface area contributed by atoms with Gasteiger partial charge in [0.2, 0.25) is 11.8 Å². The molecule has 2 atom stereocenters. The monoisotopic (exact) mass is 355 g/mol. The molecule has 1 saturated heterocycles. The molecule has 2 unspecified atom stereocenters. The highest BCUT2D eigenvalue weighted by Crippen LogP contribution is 2.49. The zero-order valence-electron chi connectivity index (χ0n) is 15.8. The number of hydrogen-bond acceptors (Lipinski definition) is 3. The van der Waals surface area contributed by atoms with E-state index in [0.29, 0.717) is 11.5 Å². The highest BCUT2D eigenvalue weighted by Gasteiger charge is 2.48. The van der Waals surface area contributed by atoms with Crippen molar-refractivity contribution in [1.82, 2.24) is 9.80 Å². The van der Waals surface area contributed by atoms with Crippen LogP contribution in [0.1, 0.15) is 61.4 Å². The number of carbonyl (C=O) groups is 2. The quantitative estimate of drug-likeness (QED) is 0.902. The lowest BCUT2D eigenvalue weighted by Gasteiger charge is -2.53. The summed E-state index contributed by atoms with van der Waals surface area (Å²) in [5.74, 6) is 0.277. The lowest BCUT2D eigenvalue weighted by Crippen LogP contribution is -2.64. The van der Waals surface area contributed by atoms with Gasteiger partial charge in [-0.25, -0.2) is 0 Å². The van der Waals surface area contributed by atoms with Crippen LogP contribution in [0.3, 0.4) is 0 Å². The van der Waals surface area contributed by atoms with Crippen LogP contribution in [0, 0.1) is 5.92 Å². The lowest BCUT2D eigenvalue weighted by atomic mass is 9.86. The number of nitrogens with zero attached hydrogens (tertiary/aromatic N) is 2. The standard InChI is InChI=1S/C21H29N3O2/c1-21(2)13-23(10-11-24(21)16-4-3-5-16)20(26)18-12-17(18)14-6-8-15(9-7-14)19(22)25/h6-9,16-18H,3-5,10-13H2,1-2H3,(H2,22,25). The molecule has 3 fully saturated rings. The number of rotatable bonds is 4. The van der Waals surface area contributed by atoms with Crippen molar-refractivity contribution < 1.29 is 9.59 Å². The molecule has 0 bridgehead atoms. The first-order valence-corrected chi connectivity index (χ1v) is 9.82. The van der Waals surface area contributed by atoms with E-state index in [-0.39, 0.29) is 17.4 Å². The molecule has 0 aromatic heterocycles. The largest absolute Gasteiger partial charge is 0.366 e. The van der Waals surface area contributed by atoms with E-state index in [1.165, 1.54) is 19.3 Å². The van der Waals surface area contributed by atoms with Gasteiger partial charge in [-0.3, -0.25) is 14.5 Å². The van der Waals surface area contributed by atoms with Gasteiger partial charge in [-0.2, -0.15) is 0 Å². The molecule has 3 aliphatic rings. The minimum absolute atomic E-state index is 0.0620. The SMILES string of the molecule is CC1(C)CN(C(=O)C2CC2c2ccc(C(N)=O)cc2)CCN1C1CCC1. The molecule has 1 aliphatic heterocycles. The van der Waals surface area contributed by atoms with Crippen molar-refractivity contribution in [3.05, 3.63) is 35.4 Å². The predicted octanol–water partition coefficient (Wildman–Crippen LogP) is 2.36. The van der Waals surface area contributed by atoms with Crippen molar-refractivity contribution in [2.24, 2.45) is 11.7 Å². The van der Waals surface area contributed by atoms with Crippen LogP contribution in [0.15, 0.2) is 24.3 Å². The summed E-state index contributed by atoms with van der Waals surface area (Å²) in [6, 6.07) is 8.13. The molecule has 140 valence electrons. The molecule has 1 heterocycles. The first kappa shape index (κ1) is 17.5. The fourth-order valence-corrected chi connectivity index (χ4v) is 4.70. The number of hydrogen-bond donors (Lipinski definition) is 1. The summed E-state index contributed by atoms with van der Waals surface area (Å²) in [5.41, 5.74) is 7.02. The van der Waals surface area contributed by atoms with Gasteiger partial charge in [-0.15, -0.1) is 0 Å². The Labute approximate surface area is 155 Å². The van der Waals surface area contributed by atoms with Crippen LogP contribution in [0.25, 0.3) is 0 Å². The molecular formula is C21H29N3O2. The van der Waals surface area contributed by atoms with E-state index in [0.717, 1.165) is 37.7 Å². The number of nitrogens with two attached hydrogens (primary N) is 1. The average Bonchev–Trinajstić information content (AvgIpc) is 3.34. The first-order valence-electron chi connectivity index (χ1n) is 9.82. The van der Waals surface area contributed by atoms with Crippen LogP contribution in [-0.2, 0) is 4.79 Å². The zero-order valence-corrected chi connectivity index (χ0v) is 15.8. The third-order valence-electron chi connectivity index (χ3n) is 6.52. The van der Waals surface area contributed by atoms with Crippen molar-refractivity contribution in [1.29, 1.82) is 0 Å². The minimum atomic E-state index is -0.411. The van der Waals surface area contributed by atoms with E-state index in [1.54, 1.807) is 12.1 Å². The summed E-state index contributed by atoms with van der Waals surface area (Å²) in [7, 11) is 0. The summed E-state index contributed by atoms with van der Waals surface area (Å²) < 4.78 is 0. The summed E-state index contributed by atoms with van der Waals surface area (Å²) in [4.78, 5) is 28.9. The summed E-state index contributed by atoms with van der Waals surface area (Å²) >= 11 is 0. The fraction of sp³-hybridized carbons (Fsp3) is 0.619. The van der Waals surface area contributed by atoms with Gasteiger partial charge in [-0.1, -0.05) is 18.6 Å². The second-order valence-electron chi connectivity index (χ2n) is 8.79. The Bertz CT molecular complexity index is 708. The smallest absolute Gasteiger partial charge is 0.248 e. The predicted molar refractivity (Wildman–Crippen MR) is 101 cm³/mol. The summed E-state index contributed by atoms with van der Waals surface area (Å²) in [6.45, 7) is 7.22. The van der Waals surface area contributed by atoms with Crippen LogP contribution in [0.5, 0.6) is 0 Å². The topological polar surface area (TPSA) is 66.6 Å². The lowest BCUT2D eigenvalue weighted by molar-refractivity contribution is -0.139. The van der Waals surface area contributed by atoms with Gasteiger partial charge in [0.25, 0.3) is 0 Å². The summed E-state index contributed by atoms with van der Waals surface area (Å²) in [6.07, 6.45) is 4.88. The van der Waals surface area contributed by atoms with E-state index in [1.807, 2.05) is 12.1 Å². The molecule has 2 amide bonds. The number of amides is 2. The van der Waals surface area contributed by atoms with E-state index >= 15 is 0 Å². The van der Waals surface area contributed by atoms with Crippen LogP contribution in [0.4, 0.5) is 0 Å². The third-order valence-corrected chi connectivity index (χ3v) is 6.52. The molecule has 5 nitrogen and oxygen atoms in total. The molecular weight excluding hydrogens is 326 g/mol. The Hall–Kier alpha value is -1.88. The summed E-state index contributed by atoms with van der Waals surface area (Å²) in [5, 5.41) is 0. The first-order chi connectivity index (χ1) is 12.4. The Morgan fingerprint density at radius 3 is 2.35 bits per heavy atom. The van der Waals surface area contributed by atoms with Crippen LogP contribution in [-0.4, -0.2) is 52.8 Å². The maximum atomic E-state index is 13.0. The van der Waals surface area contributed by atoms with Gasteiger partial charge in [-0.05, 0) is 56.7 Å². The number of piperazine rings is 1. The van der Waals surface area contributed by atoms with Gasteiger partial charge in [0.15, 0.2) is 0 Å². The van der Waals surface area contributed by atoms with Gasteiger partial charge >= 0.3 is 0 Å². The van der Waals surface area contributed by atoms with Gasteiger partial charge in [0, 0.05) is 42.7 Å². The van der Waals surface area contributed by atoms with Crippen LogP contribution < -0.4 is 5.73 Å². The van der Waals surface area contributed by atoms with Gasteiger partial charge < -0.3 is 10.6 Å². The molecule has 5 heteroatoms. The van der Waals surface area contributed by atoms with Gasteiger partial charge in [0.1, 0.15) is 0 Å². The van der Waals surface area contributed by atoms with E-state index in [4.69, 9.17) is 5.73 Å². The highest BCUT2D eigenvalue weighted by atomic mass is 16.2. The Kier molecular flexibility index (Phi) is 4.30. The highest BCUT2D eigenvalue weighted by molar-refractivity contribution is 5.92. The second-order valence-corrected chi connectivity index (χ2v) is 8.79. The molecule has 4 rings (SSSR count). The van der Waals surface area contributed by atoms with Gasteiger partial charge in [0.05, 0.1) is 0 Å². The molecule has 0 radical (unpaired) electrons.